The lowest BCUT2D eigenvalue weighted by Crippen LogP contribution is -2.11. The van der Waals surface area contributed by atoms with Crippen LogP contribution in [-0.4, -0.2) is 30.2 Å². The van der Waals surface area contributed by atoms with E-state index in [1.807, 2.05) is 73.6 Å². The number of rotatable bonds is 6. The van der Waals surface area contributed by atoms with Crippen molar-refractivity contribution < 1.29 is 4.79 Å². The van der Waals surface area contributed by atoms with Gasteiger partial charge in [-0.3, -0.25) is 4.79 Å². The Morgan fingerprint density at radius 2 is 1.67 bits per heavy atom. The number of anilines is 4. The van der Waals surface area contributed by atoms with Crippen molar-refractivity contribution in [3.05, 3.63) is 71.9 Å². The van der Waals surface area contributed by atoms with E-state index in [1.165, 1.54) is 5.56 Å². The first-order valence-electron chi connectivity index (χ1n) is 8.82. The fourth-order valence-corrected chi connectivity index (χ4v) is 2.54. The van der Waals surface area contributed by atoms with E-state index in [-0.39, 0.29) is 5.91 Å². The molecule has 3 aromatic rings. The molecule has 0 aliphatic rings. The summed E-state index contributed by atoms with van der Waals surface area (Å²) in [5.41, 5.74) is 4.42. The Balaban J connectivity index is 1.64. The molecule has 0 spiro atoms. The minimum absolute atomic E-state index is 0.122. The third-order valence-corrected chi connectivity index (χ3v) is 4.20. The smallest absolute Gasteiger partial charge is 0.255 e. The van der Waals surface area contributed by atoms with Crippen molar-refractivity contribution in [3.63, 3.8) is 0 Å². The molecule has 0 unspecified atom stereocenters. The summed E-state index contributed by atoms with van der Waals surface area (Å²) < 4.78 is 0. The van der Waals surface area contributed by atoms with E-state index in [1.54, 1.807) is 6.20 Å². The first-order valence-corrected chi connectivity index (χ1v) is 8.82. The first kappa shape index (κ1) is 18.4. The van der Waals surface area contributed by atoms with Crippen molar-refractivity contribution >= 4 is 28.8 Å². The Morgan fingerprint density at radius 1 is 1.00 bits per heavy atom. The van der Waals surface area contributed by atoms with E-state index >= 15 is 0 Å². The zero-order chi connectivity index (χ0) is 19.2. The van der Waals surface area contributed by atoms with E-state index < -0.39 is 0 Å². The SMILES string of the molecule is CCc1ccc(C(=O)Nc2ccc(Nc3cc(N(C)C)cnn3)cc2)cc1. The Hall–Kier alpha value is -3.41. The number of carbonyl (C=O) groups excluding carboxylic acids is 1. The van der Waals surface area contributed by atoms with Crippen LogP contribution in [0.3, 0.4) is 0 Å². The van der Waals surface area contributed by atoms with E-state index in [4.69, 9.17) is 0 Å². The van der Waals surface area contributed by atoms with Gasteiger partial charge in [0.1, 0.15) is 0 Å². The molecule has 0 aliphatic carbocycles. The third kappa shape index (κ3) is 4.82. The molecule has 138 valence electrons. The molecular formula is C21H23N5O. The van der Waals surface area contributed by atoms with Gasteiger partial charge >= 0.3 is 0 Å². The Labute approximate surface area is 159 Å². The van der Waals surface area contributed by atoms with Gasteiger partial charge in [-0.2, -0.15) is 5.10 Å². The Kier molecular flexibility index (Phi) is 5.66. The molecule has 0 atom stereocenters. The monoisotopic (exact) mass is 361 g/mol. The number of hydrogen-bond donors (Lipinski definition) is 2. The quantitative estimate of drug-likeness (QED) is 0.692. The average Bonchev–Trinajstić information content (AvgIpc) is 2.69. The van der Waals surface area contributed by atoms with Gasteiger partial charge in [0.05, 0.1) is 11.9 Å². The maximum Gasteiger partial charge on any atom is 0.255 e. The van der Waals surface area contributed by atoms with Crippen molar-refractivity contribution in [2.75, 3.05) is 29.6 Å². The normalized spacial score (nSPS) is 10.3. The van der Waals surface area contributed by atoms with Crippen molar-refractivity contribution in [2.24, 2.45) is 0 Å². The predicted octanol–water partition coefficient (Wildman–Crippen LogP) is 4.10. The highest BCUT2D eigenvalue weighted by molar-refractivity contribution is 6.04. The van der Waals surface area contributed by atoms with Crippen LogP contribution < -0.4 is 15.5 Å². The molecule has 0 saturated carbocycles. The number of nitrogens with zero attached hydrogens (tertiary/aromatic N) is 3. The highest BCUT2D eigenvalue weighted by Gasteiger charge is 2.06. The third-order valence-electron chi connectivity index (χ3n) is 4.20. The molecule has 6 nitrogen and oxygen atoms in total. The fraction of sp³-hybridized carbons (Fsp3) is 0.190. The van der Waals surface area contributed by atoms with Gasteiger partial charge in [0, 0.05) is 37.1 Å². The van der Waals surface area contributed by atoms with E-state index in [9.17, 15) is 4.79 Å². The average molecular weight is 361 g/mol. The molecule has 3 rings (SSSR count). The molecule has 0 bridgehead atoms. The zero-order valence-corrected chi connectivity index (χ0v) is 15.7. The molecule has 1 aromatic heterocycles. The van der Waals surface area contributed by atoms with Crippen molar-refractivity contribution in [1.82, 2.24) is 10.2 Å². The summed E-state index contributed by atoms with van der Waals surface area (Å²) in [6, 6.07) is 17.0. The zero-order valence-electron chi connectivity index (χ0n) is 15.7. The molecular weight excluding hydrogens is 338 g/mol. The largest absolute Gasteiger partial charge is 0.376 e. The van der Waals surface area contributed by atoms with Gasteiger partial charge in [-0.05, 0) is 48.4 Å². The molecule has 6 heteroatoms. The highest BCUT2D eigenvalue weighted by atomic mass is 16.1. The maximum atomic E-state index is 12.3. The summed E-state index contributed by atoms with van der Waals surface area (Å²) >= 11 is 0. The Bertz CT molecular complexity index is 905. The topological polar surface area (TPSA) is 70.2 Å². The number of amides is 1. The summed E-state index contributed by atoms with van der Waals surface area (Å²) in [7, 11) is 3.90. The number of nitrogens with one attached hydrogen (secondary N) is 2. The van der Waals surface area contributed by atoms with Gasteiger partial charge in [-0.25, -0.2) is 0 Å². The standard InChI is InChI=1S/C21H23N5O/c1-4-15-5-7-16(8-6-15)21(27)24-18-11-9-17(10-12-18)23-20-13-19(26(2)3)14-22-25-20/h5-14H,4H2,1-3H3,(H,23,25)(H,24,27). The number of benzene rings is 2. The maximum absolute atomic E-state index is 12.3. The lowest BCUT2D eigenvalue weighted by atomic mass is 10.1. The molecule has 2 N–H and O–H groups in total. The second-order valence-corrected chi connectivity index (χ2v) is 6.40. The fourth-order valence-electron chi connectivity index (χ4n) is 2.54. The highest BCUT2D eigenvalue weighted by Crippen LogP contribution is 2.20. The van der Waals surface area contributed by atoms with E-state index in [0.717, 1.165) is 23.5 Å². The van der Waals surface area contributed by atoms with E-state index in [2.05, 4.69) is 27.8 Å². The molecule has 0 saturated heterocycles. The van der Waals surface area contributed by atoms with Gasteiger partial charge < -0.3 is 15.5 Å². The second-order valence-electron chi connectivity index (χ2n) is 6.40. The van der Waals surface area contributed by atoms with Crippen LogP contribution in [-0.2, 0) is 6.42 Å². The van der Waals surface area contributed by atoms with Gasteiger partial charge in [-0.15, -0.1) is 5.10 Å². The van der Waals surface area contributed by atoms with Crippen LogP contribution in [0.2, 0.25) is 0 Å². The predicted molar refractivity (Wildman–Crippen MR) is 110 cm³/mol. The first-order chi connectivity index (χ1) is 13.0. The lowest BCUT2D eigenvalue weighted by molar-refractivity contribution is 0.102. The van der Waals surface area contributed by atoms with Crippen LogP contribution in [0, 0.1) is 0 Å². The number of carbonyl (C=O) groups is 1. The van der Waals surface area contributed by atoms with E-state index in [0.29, 0.717) is 11.4 Å². The van der Waals surface area contributed by atoms with Crippen LogP contribution in [0.4, 0.5) is 22.9 Å². The number of aryl methyl sites for hydroxylation is 1. The van der Waals surface area contributed by atoms with Gasteiger partial charge in [0.2, 0.25) is 0 Å². The minimum Gasteiger partial charge on any atom is -0.376 e. The summed E-state index contributed by atoms with van der Waals surface area (Å²) in [5.74, 6) is 0.539. The van der Waals surface area contributed by atoms with Gasteiger partial charge in [-0.1, -0.05) is 19.1 Å². The van der Waals surface area contributed by atoms with Crippen LogP contribution in [0.5, 0.6) is 0 Å². The van der Waals surface area contributed by atoms with Crippen LogP contribution >= 0.6 is 0 Å². The minimum atomic E-state index is -0.122. The summed E-state index contributed by atoms with van der Waals surface area (Å²) in [5, 5.41) is 14.2. The number of aromatic nitrogens is 2. The molecule has 0 fully saturated rings. The summed E-state index contributed by atoms with van der Waals surface area (Å²) in [4.78, 5) is 14.3. The molecule has 1 heterocycles. The van der Waals surface area contributed by atoms with Crippen LogP contribution in [0.1, 0.15) is 22.8 Å². The Morgan fingerprint density at radius 3 is 2.30 bits per heavy atom. The molecule has 2 aromatic carbocycles. The summed E-state index contributed by atoms with van der Waals surface area (Å²) in [6.07, 6.45) is 2.66. The van der Waals surface area contributed by atoms with Crippen molar-refractivity contribution in [2.45, 2.75) is 13.3 Å². The van der Waals surface area contributed by atoms with Gasteiger partial charge in [0.25, 0.3) is 5.91 Å². The molecule has 27 heavy (non-hydrogen) atoms. The summed E-state index contributed by atoms with van der Waals surface area (Å²) in [6.45, 7) is 2.09. The lowest BCUT2D eigenvalue weighted by Gasteiger charge is -2.13. The second kappa shape index (κ2) is 8.31. The molecule has 1 amide bonds. The number of hydrogen-bond acceptors (Lipinski definition) is 5. The molecule has 0 aliphatic heterocycles. The van der Waals surface area contributed by atoms with Crippen LogP contribution in [0.25, 0.3) is 0 Å². The van der Waals surface area contributed by atoms with Crippen molar-refractivity contribution in [3.8, 4) is 0 Å². The van der Waals surface area contributed by atoms with Gasteiger partial charge in [0.15, 0.2) is 5.82 Å². The molecule has 0 radical (unpaired) electrons. The van der Waals surface area contributed by atoms with Crippen molar-refractivity contribution in [1.29, 1.82) is 0 Å². The van der Waals surface area contributed by atoms with Crippen LogP contribution in [0.15, 0.2) is 60.8 Å².